The Labute approximate surface area is 127 Å². The number of alkyl halides is 1. The van der Waals surface area contributed by atoms with Crippen LogP contribution in [0.2, 0.25) is 0 Å². The van der Waals surface area contributed by atoms with E-state index < -0.39 is 0 Å². The average molecular weight is 336 g/mol. The van der Waals surface area contributed by atoms with Crippen molar-refractivity contribution < 1.29 is 9.53 Å². The van der Waals surface area contributed by atoms with Gasteiger partial charge in [0.15, 0.2) is 0 Å². The molecule has 0 aliphatic carbocycles. The van der Waals surface area contributed by atoms with Crippen LogP contribution in [0.1, 0.15) is 64.7 Å². The molecule has 0 aliphatic rings. The highest BCUT2D eigenvalue weighted by molar-refractivity contribution is 9.09. The monoisotopic (exact) mass is 335 g/mol. The maximum absolute atomic E-state index is 11.8. The van der Waals surface area contributed by atoms with Crippen LogP contribution in [0.15, 0.2) is 0 Å². The summed E-state index contributed by atoms with van der Waals surface area (Å²) in [5, 5.41) is 3.92. The zero-order valence-electron chi connectivity index (χ0n) is 12.5. The molecule has 0 saturated carbocycles. The standard InChI is InChI=1S/C15H30BrNO2/c1-3-4-5-6-7-8-9-10-15(18)17-14(11-12-16)13-19-2/h14H,3-13H2,1-2H3,(H,17,18). The van der Waals surface area contributed by atoms with Crippen LogP contribution in [0, 0.1) is 0 Å². The summed E-state index contributed by atoms with van der Waals surface area (Å²) < 4.78 is 5.10. The number of amides is 1. The van der Waals surface area contributed by atoms with Crippen molar-refractivity contribution in [3.8, 4) is 0 Å². The molecule has 0 aromatic heterocycles. The molecule has 0 rings (SSSR count). The van der Waals surface area contributed by atoms with E-state index in [1.807, 2.05) is 0 Å². The van der Waals surface area contributed by atoms with E-state index >= 15 is 0 Å². The van der Waals surface area contributed by atoms with Crippen LogP contribution in [0.25, 0.3) is 0 Å². The highest BCUT2D eigenvalue weighted by Crippen LogP contribution is 2.08. The zero-order chi connectivity index (χ0) is 14.3. The first-order valence-corrected chi connectivity index (χ1v) is 8.71. The molecule has 0 heterocycles. The van der Waals surface area contributed by atoms with Crippen LogP contribution in [0.4, 0.5) is 0 Å². The second-order valence-corrected chi connectivity index (χ2v) is 5.86. The van der Waals surface area contributed by atoms with Gasteiger partial charge in [-0.3, -0.25) is 4.79 Å². The minimum atomic E-state index is 0.140. The summed E-state index contributed by atoms with van der Waals surface area (Å²) in [6.45, 7) is 2.82. The Morgan fingerprint density at radius 2 is 1.79 bits per heavy atom. The first-order chi connectivity index (χ1) is 9.24. The van der Waals surface area contributed by atoms with Crippen molar-refractivity contribution in [1.82, 2.24) is 5.32 Å². The predicted molar refractivity (Wildman–Crippen MR) is 84.8 cm³/mol. The van der Waals surface area contributed by atoms with Crippen LogP contribution in [-0.4, -0.2) is 31.0 Å². The van der Waals surface area contributed by atoms with Gasteiger partial charge in [-0.15, -0.1) is 0 Å². The predicted octanol–water partition coefficient (Wildman–Crippen LogP) is 4.04. The third kappa shape index (κ3) is 12.7. The van der Waals surface area contributed by atoms with E-state index in [1.54, 1.807) is 7.11 Å². The Morgan fingerprint density at radius 1 is 1.16 bits per heavy atom. The maximum atomic E-state index is 11.8. The summed E-state index contributed by atoms with van der Waals surface area (Å²) in [6, 6.07) is 0.140. The zero-order valence-corrected chi connectivity index (χ0v) is 14.1. The van der Waals surface area contributed by atoms with E-state index in [4.69, 9.17) is 4.74 Å². The molecule has 0 saturated heterocycles. The Balaban J connectivity index is 3.51. The van der Waals surface area contributed by atoms with Crippen molar-refractivity contribution in [3.63, 3.8) is 0 Å². The van der Waals surface area contributed by atoms with Crippen LogP contribution in [0.3, 0.4) is 0 Å². The first kappa shape index (κ1) is 18.9. The number of nitrogens with one attached hydrogen (secondary N) is 1. The highest BCUT2D eigenvalue weighted by Gasteiger charge is 2.10. The topological polar surface area (TPSA) is 38.3 Å². The van der Waals surface area contributed by atoms with Gasteiger partial charge in [-0.2, -0.15) is 0 Å². The molecular formula is C15H30BrNO2. The quantitative estimate of drug-likeness (QED) is 0.407. The minimum Gasteiger partial charge on any atom is -0.383 e. The fourth-order valence-electron chi connectivity index (χ4n) is 2.07. The molecule has 1 unspecified atom stereocenters. The number of unbranched alkanes of at least 4 members (excludes halogenated alkanes) is 6. The molecule has 0 fully saturated rings. The van der Waals surface area contributed by atoms with Crippen molar-refractivity contribution in [2.75, 3.05) is 19.0 Å². The molecule has 0 aromatic rings. The van der Waals surface area contributed by atoms with E-state index in [9.17, 15) is 4.79 Å². The first-order valence-electron chi connectivity index (χ1n) is 7.58. The van der Waals surface area contributed by atoms with Crippen molar-refractivity contribution in [2.45, 2.75) is 70.8 Å². The lowest BCUT2D eigenvalue weighted by atomic mass is 10.1. The number of ether oxygens (including phenoxy) is 1. The second kappa shape index (κ2) is 14.3. The van der Waals surface area contributed by atoms with E-state index in [0.29, 0.717) is 13.0 Å². The van der Waals surface area contributed by atoms with Crippen molar-refractivity contribution in [1.29, 1.82) is 0 Å². The normalized spacial score (nSPS) is 12.4. The van der Waals surface area contributed by atoms with Gasteiger partial charge in [0.2, 0.25) is 5.91 Å². The van der Waals surface area contributed by atoms with Crippen LogP contribution in [0.5, 0.6) is 0 Å². The van der Waals surface area contributed by atoms with E-state index in [0.717, 1.165) is 18.2 Å². The molecule has 0 aliphatic heterocycles. The molecular weight excluding hydrogens is 306 g/mol. The van der Waals surface area contributed by atoms with Crippen molar-refractivity contribution >= 4 is 21.8 Å². The van der Waals surface area contributed by atoms with Gasteiger partial charge in [-0.1, -0.05) is 61.4 Å². The third-order valence-corrected chi connectivity index (χ3v) is 3.66. The minimum absolute atomic E-state index is 0.140. The number of halogens is 1. The van der Waals surface area contributed by atoms with Crippen molar-refractivity contribution in [3.05, 3.63) is 0 Å². The lowest BCUT2D eigenvalue weighted by Crippen LogP contribution is -2.38. The Bertz CT molecular complexity index is 206. The van der Waals surface area contributed by atoms with Gasteiger partial charge in [0.25, 0.3) is 0 Å². The molecule has 0 bridgehead atoms. The average Bonchev–Trinajstić information content (AvgIpc) is 2.38. The van der Waals surface area contributed by atoms with Crippen LogP contribution >= 0.6 is 15.9 Å². The number of methoxy groups -OCH3 is 1. The summed E-state index contributed by atoms with van der Waals surface area (Å²) in [5.74, 6) is 0.163. The van der Waals surface area contributed by atoms with E-state index in [-0.39, 0.29) is 11.9 Å². The van der Waals surface area contributed by atoms with Crippen LogP contribution < -0.4 is 5.32 Å². The third-order valence-electron chi connectivity index (χ3n) is 3.20. The lowest BCUT2D eigenvalue weighted by molar-refractivity contribution is -0.122. The summed E-state index contributed by atoms with van der Waals surface area (Å²) >= 11 is 3.40. The Morgan fingerprint density at radius 3 is 2.37 bits per heavy atom. The maximum Gasteiger partial charge on any atom is 0.220 e. The van der Waals surface area contributed by atoms with Gasteiger partial charge >= 0.3 is 0 Å². The number of rotatable bonds is 13. The molecule has 1 atom stereocenters. The number of hydrogen-bond acceptors (Lipinski definition) is 2. The molecule has 4 heteroatoms. The number of carbonyl (C=O) groups is 1. The van der Waals surface area contributed by atoms with Crippen molar-refractivity contribution in [2.24, 2.45) is 0 Å². The highest BCUT2D eigenvalue weighted by atomic mass is 79.9. The van der Waals surface area contributed by atoms with Gasteiger partial charge in [0.05, 0.1) is 12.6 Å². The smallest absolute Gasteiger partial charge is 0.220 e. The van der Waals surface area contributed by atoms with Gasteiger partial charge < -0.3 is 10.1 Å². The van der Waals surface area contributed by atoms with E-state index in [1.165, 1.54) is 38.5 Å². The Kier molecular flexibility index (Phi) is 14.3. The summed E-state index contributed by atoms with van der Waals surface area (Å²) in [6.07, 6.45) is 10.3. The largest absolute Gasteiger partial charge is 0.383 e. The summed E-state index contributed by atoms with van der Waals surface area (Å²) in [7, 11) is 1.67. The van der Waals surface area contributed by atoms with Gasteiger partial charge in [-0.05, 0) is 12.8 Å². The van der Waals surface area contributed by atoms with Gasteiger partial charge in [0.1, 0.15) is 0 Å². The van der Waals surface area contributed by atoms with E-state index in [2.05, 4.69) is 28.2 Å². The molecule has 1 amide bonds. The lowest BCUT2D eigenvalue weighted by Gasteiger charge is -2.16. The fourth-order valence-corrected chi connectivity index (χ4v) is 2.63. The molecule has 19 heavy (non-hydrogen) atoms. The summed E-state index contributed by atoms with van der Waals surface area (Å²) in [5.41, 5.74) is 0. The van der Waals surface area contributed by atoms with Gasteiger partial charge in [0, 0.05) is 18.9 Å². The number of hydrogen-bond donors (Lipinski definition) is 1. The Hall–Kier alpha value is -0.0900. The van der Waals surface area contributed by atoms with Gasteiger partial charge in [-0.25, -0.2) is 0 Å². The van der Waals surface area contributed by atoms with Crippen LogP contribution in [-0.2, 0) is 9.53 Å². The molecule has 0 radical (unpaired) electrons. The SMILES string of the molecule is CCCCCCCCCC(=O)NC(CCBr)COC. The number of carbonyl (C=O) groups excluding carboxylic acids is 1. The molecule has 0 spiro atoms. The second-order valence-electron chi connectivity index (χ2n) is 5.07. The molecule has 3 nitrogen and oxygen atoms in total. The molecule has 1 N–H and O–H groups in total. The molecule has 0 aromatic carbocycles. The molecule has 114 valence electrons. The fraction of sp³-hybridized carbons (Fsp3) is 0.933. The summed E-state index contributed by atoms with van der Waals surface area (Å²) in [4.78, 5) is 11.8.